The van der Waals surface area contributed by atoms with Crippen molar-refractivity contribution in [2.75, 3.05) is 12.0 Å². The van der Waals surface area contributed by atoms with Gasteiger partial charge in [-0.25, -0.2) is 4.79 Å². The van der Waals surface area contributed by atoms with Gasteiger partial charge < -0.3 is 5.73 Å². The van der Waals surface area contributed by atoms with Gasteiger partial charge in [-0.3, -0.25) is 4.79 Å². The molecule has 0 aliphatic carbocycles. The molecule has 0 aliphatic rings. The van der Waals surface area contributed by atoms with Crippen LogP contribution in [0.15, 0.2) is 4.99 Å². The molecule has 0 rings (SSSR count). The third-order valence-corrected chi connectivity index (χ3v) is 1.75. The fraction of sp³-hybridized carbons (Fsp3) is 0.667. The summed E-state index contributed by atoms with van der Waals surface area (Å²) < 4.78 is 0. The van der Waals surface area contributed by atoms with Crippen molar-refractivity contribution < 1.29 is 9.59 Å². The molecule has 0 unspecified atom stereocenters. The van der Waals surface area contributed by atoms with Crippen molar-refractivity contribution in [1.82, 2.24) is 0 Å². The van der Waals surface area contributed by atoms with Crippen LogP contribution in [0, 0.1) is 0 Å². The number of nitrogens with two attached hydrogens (primary N) is 1. The summed E-state index contributed by atoms with van der Waals surface area (Å²) in [6, 6.07) is -0.649. The van der Waals surface area contributed by atoms with Crippen molar-refractivity contribution in [3.63, 3.8) is 0 Å². The molecule has 1 atom stereocenters. The molecule has 4 nitrogen and oxygen atoms in total. The molecule has 11 heavy (non-hydrogen) atoms. The molecule has 0 spiro atoms. The molecule has 0 saturated carbocycles. The van der Waals surface area contributed by atoms with E-state index in [0.717, 1.165) is 11.8 Å². The van der Waals surface area contributed by atoms with Crippen molar-refractivity contribution in [1.29, 1.82) is 0 Å². The lowest BCUT2D eigenvalue weighted by Gasteiger charge is -2.02. The number of carbonyl (C=O) groups is 1. The SMILES string of the molecule is CSCC[C@H](N)C(=O)N=C=O. The molecule has 0 aromatic rings. The van der Waals surface area contributed by atoms with Crippen LogP contribution in [0.1, 0.15) is 6.42 Å². The lowest BCUT2D eigenvalue weighted by Crippen LogP contribution is -2.29. The lowest BCUT2D eigenvalue weighted by atomic mass is 10.2. The Labute approximate surface area is 69.2 Å². The molecular weight excluding hydrogens is 164 g/mol. The summed E-state index contributed by atoms with van der Waals surface area (Å²) in [5, 5.41) is 0. The van der Waals surface area contributed by atoms with Crippen LogP contribution in [0.25, 0.3) is 0 Å². The van der Waals surface area contributed by atoms with E-state index in [2.05, 4.69) is 4.99 Å². The normalized spacial score (nSPS) is 11.8. The van der Waals surface area contributed by atoms with Gasteiger partial charge in [-0.05, 0) is 18.4 Å². The van der Waals surface area contributed by atoms with E-state index in [4.69, 9.17) is 5.73 Å². The minimum atomic E-state index is -0.649. The Morgan fingerprint density at radius 3 is 2.91 bits per heavy atom. The Morgan fingerprint density at radius 2 is 2.45 bits per heavy atom. The average molecular weight is 174 g/mol. The number of isocyanates is 1. The van der Waals surface area contributed by atoms with Gasteiger partial charge in [0.1, 0.15) is 0 Å². The van der Waals surface area contributed by atoms with Gasteiger partial charge in [0.25, 0.3) is 5.91 Å². The molecule has 0 aromatic carbocycles. The highest BCUT2D eigenvalue weighted by Gasteiger charge is 2.10. The molecule has 2 N–H and O–H groups in total. The fourth-order valence-corrected chi connectivity index (χ4v) is 0.986. The minimum Gasteiger partial charge on any atom is -0.320 e. The van der Waals surface area contributed by atoms with E-state index < -0.39 is 11.9 Å². The molecule has 1 amide bonds. The summed E-state index contributed by atoms with van der Waals surface area (Å²) in [5.74, 6) is 0.204. The van der Waals surface area contributed by atoms with E-state index in [0.29, 0.717) is 6.42 Å². The summed E-state index contributed by atoms with van der Waals surface area (Å²) in [6.07, 6.45) is 3.63. The number of hydrogen-bond donors (Lipinski definition) is 1. The van der Waals surface area contributed by atoms with Crippen molar-refractivity contribution in [3.05, 3.63) is 0 Å². The van der Waals surface area contributed by atoms with Crippen LogP contribution in [0.4, 0.5) is 0 Å². The first-order valence-electron chi connectivity index (χ1n) is 3.08. The first-order chi connectivity index (χ1) is 5.22. The summed E-state index contributed by atoms with van der Waals surface area (Å²) in [6.45, 7) is 0. The Kier molecular flexibility index (Phi) is 5.74. The van der Waals surface area contributed by atoms with Crippen molar-refractivity contribution in [2.24, 2.45) is 10.7 Å². The smallest absolute Gasteiger partial charge is 0.273 e. The molecule has 0 aliphatic heterocycles. The number of aliphatic imine (C=N–C) groups is 1. The van der Waals surface area contributed by atoms with Crippen LogP contribution < -0.4 is 5.73 Å². The van der Waals surface area contributed by atoms with Gasteiger partial charge in [-0.15, -0.1) is 4.99 Å². The molecule has 0 radical (unpaired) electrons. The summed E-state index contributed by atoms with van der Waals surface area (Å²) in [5.41, 5.74) is 5.35. The molecule has 0 saturated heterocycles. The van der Waals surface area contributed by atoms with Crippen LogP contribution in [-0.2, 0) is 9.59 Å². The van der Waals surface area contributed by atoms with Crippen LogP contribution >= 0.6 is 11.8 Å². The summed E-state index contributed by atoms with van der Waals surface area (Å²) in [7, 11) is 0. The lowest BCUT2D eigenvalue weighted by molar-refractivity contribution is -0.119. The summed E-state index contributed by atoms with van der Waals surface area (Å²) >= 11 is 1.59. The maximum atomic E-state index is 10.7. The Hall–Kier alpha value is -0.640. The van der Waals surface area contributed by atoms with Gasteiger partial charge >= 0.3 is 0 Å². The zero-order valence-corrected chi connectivity index (χ0v) is 7.06. The van der Waals surface area contributed by atoms with Crippen molar-refractivity contribution in [2.45, 2.75) is 12.5 Å². The van der Waals surface area contributed by atoms with Crippen LogP contribution in [0.5, 0.6) is 0 Å². The number of amides is 1. The molecule has 62 valence electrons. The largest absolute Gasteiger partial charge is 0.320 e. The number of carbonyl (C=O) groups excluding carboxylic acids is 2. The topological polar surface area (TPSA) is 72.5 Å². The van der Waals surface area contributed by atoms with Gasteiger partial charge in [0, 0.05) is 0 Å². The van der Waals surface area contributed by atoms with Gasteiger partial charge in [0.2, 0.25) is 6.08 Å². The molecule has 0 heterocycles. The zero-order chi connectivity index (χ0) is 8.69. The van der Waals surface area contributed by atoms with Gasteiger partial charge in [0.15, 0.2) is 0 Å². The Balaban J connectivity index is 3.73. The van der Waals surface area contributed by atoms with Crippen LogP contribution in [-0.4, -0.2) is 30.0 Å². The number of hydrogen-bond acceptors (Lipinski definition) is 4. The van der Waals surface area contributed by atoms with E-state index in [9.17, 15) is 9.59 Å². The van der Waals surface area contributed by atoms with E-state index in [1.54, 1.807) is 11.8 Å². The van der Waals surface area contributed by atoms with Gasteiger partial charge in [0.05, 0.1) is 6.04 Å². The molecular formula is C6H10N2O2S. The van der Waals surface area contributed by atoms with Gasteiger partial charge in [-0.2, -0.15) is 11.8 Å². The maximum Gasteiger partial charge on any atom is 0.273 e. The highest BCUT2D eigenvalue weighted by atomic mass is 32.2. The average Bonchev–Trinajstić information content (AvgIpc) is 2.00. The van der Waals surface area contributed by atoms with E-state index >= 15 is 0 Å². The second-order valence-electron chi connectivity index (χ2n) is 1.93. The van der Waals surface area contributed by atoms with Crippen LogP contribution in [0.2, 0.25) is 0 Å². The first kappa shape index (κ1) is 10.4. The molecule has 0 fully saturated rings. The third-order valence-electron chi connectivity index (χ3n) is 1.11. The quantitative estimate of drug-likeness (QED) is 0.478. The Morgan fingerprint density at radius 1 is 1.82 bits per heavy atom. The predicted molar refractivity (Wildman–Crippen MR) is 44.1 cm³/mol. The number of nitrogens with zero attached hydrogens (tertiary/aromatic N) is 1. The minimum absolute atomic E-state index is 0.547. The molecule has 0 aromatic heterocycles. The van der Waals surface area contributed by atoms with Gasteiger partial charge in [-0.1, -0.05) is 0 Å². The number of rotatable bonds is 4. The number of thioether (sulfide) groups is 1. The second kappa shape index (κ2) is 6.09. The molecule has 5 heteroatoms. The van der Waals surface area contributed by atoms with Crippen molar-refractivity contribution in [3.8, 4) is 0 Å². The maximum absolute atomic E-state index is 10.7. The highest BCUT2D eigenvalue weighted by molar-refractivity contribution is 7.98. The first-order valence-corrected chi connectivity index (χ1v) is 4.48. The van der Waals surface area contributed by atoms with Crippen molar-refractivity contribution >= 4 is 23.7 Å². The van der Waals surface area contributed by atoms with E-state index in [1.165, 1.54) is 0 Å². The predicted octanol–water partition coefficient (Wildman–Crippen LogP) is -0.0708. The monoisotopic (exact) mass is 174 g/mol. The van der Waals surface area contributed by atoms with E-state index in [-0.39, 0.29) is 0 Å². The Bertz CT molecular complexity index is 177. The highest BCUT2D eigenvalue weighted by Crippen LogP contribution is 1.99. The summed E-state index contributed by atoms with van der Waals surface area (Å²) in [4.78, 5) is 23.2. The molecule has 0 bridgehead atoms. The third kappa shape index (κ3) is 4.72. The fourth-order valence-electron chi connectivity index (χ4n) is 0.496. The second-order valence-corrected chi connectivity index (χ2v) is 2.91. The zero-order valence-electron chi connectivity index (χ0n) is 6.24. The van der Waals surface area contributed by atoms with Crippen LogP contribution in [0.3, 0.4) is 0 Å². The standard InChI is InChI=1S/C6H10N2O2S/c1-11-3-2-5(7)6(10)8-4-9/h5H,2-3,7H2,1H3/t5-/m0/s1. The van der Waals surface area contributed by atoms with E-state index in [1.807, 2.05) is 6.26 Å².